The van der Waals surface area contributed by atoms with Gasteiger partial charge in [0, 0.05) is 12.1 Å². The van der Waals surface area contributed by atoms with E-state index >= 15 is 0 Å². The van der Waals surface area contributed by atoms with Crippen molar-refractivity contribution in [3.05, 3.63) is 29.3 Å². The van der Waals surface area contributed by atoms with Gasteiger partial charge in [-0.05, 0) is 47.1 Å². The summed E-state index contributed by atoms with van der Waals surface area (Å²) in [6.45, 7) is 15.6. The van der Waals surface area contributed by atoms with Gasteiger partial charge in [0.05, 0.1) is 11.8 Å². The fourth-order valence-corrected chi connectivity index (χ4v) is 3.95. The largest absolute Gasteiger partial charge is 0.392 e. The lowest BCUT2D eigenvalue weighted by atomic mass is 9.78. The number of nitrogens with zero attached hydrogens (tertiary/aromatic N) is 1. The zero-order valence-electron chi connectivity index (χ0n) is 16.5. The molecule has 2 heteroatoms. The van der Waals surface area contributed by atoms with Crippen molar-refractivity contribution in [3.8, 4) is 0 Å². The van der Waals surface area contributed by atoms with E-state index in [9.17, 15) is 5.11 Å². The fraction of sp³-hybridized carbons (Fsp3) is 0.682. The molecule has 3 atom stereocenters. The molecule has 1 aromatic carbocycles. The number of benzene rings is 1. The lowest BCUT2D eigenvalue weighted by Gasteiger charge is -2.30. The van der Waals surface area contributed by atoms with Gasteiger partial charge in [-0.15, -0.1) is 0 Å². The monoisotopic (exact) mass is 329 g/mol. The molecule has 2 nitrogen and oxygen atoms in total. The third kappa shape index (κ3) is 4.08. The van der Waals surface area contributed by atoms with Crippen LogP contribution >= 0.6 is 0 Å². The molecule has 24 heavy (non-hydrogen) atoms. The van der Waals surface area contributed by atoms with Crippen LogP contribution in [0.4, 0.5) is 5.69 Å². The fourth-order valence-electron chi connectivity index (χ4n) is 3.95. The highest BCUT2D eigenvalue weighted by atomic mass is 16.3. The Bertz CT molecular complexity index is 554. The molecule has 0 aromatic heterocycles. The van der Waals surface area contributed by atoms with Gasteiger partial charge in [0.2, 0.25) is 0 Å². The van der Waals surface area contributed by atoms with Crippen molar-refractivity contribution >= 4 is 11.9 Å². The Morgan fingerprint density at radius 3 is 2.00 bits per heavy atom. The molecule has 0 saturated heterocycles. The van der Waals surface area contributed by atoms with Crippen LogP contribution in [-0.2, 0) is 0 Å². The summed E-state index contributed by atoms with van der Waals surface area (Å²) in [6.07, 6.45) is 3.88. The third-order valence-corrected chi connectivity index (χ3v) is 5.51. The van der Waals surface area contributed by atoms with Crippen molar-refractivity contribution in [2.75, 3.05) is 0 Å². The molecule has 1 saturated carbocycles. The van der Waals surface area contributed by atoms with Gasteiger partial charge >= 0.3 is 0 Å². The van der Waals surface area contributed by atoms with Gasteiger partial charge in [0.1, 0.15) is 0 Å². The highest BCUT2D eigenvalue weighted by Crippen LogP contribution is 2.42. The quantitative estimate of drug-likeness (QED) is 0.668. The van der Waals surface area contributed by atoms with Gasteiger partial charge in [-0.1, -0.05) is 66.7 Å². The third-order valence-electron chi connectivity index (χ3n) is 5.51. The summed E-state index contributed by atoms with van der Waals surface area (Å²) in [5.41, 5.74) is 3.88. The number of hydrogen-bond donors (Lipinski definition) is 1. The summed E-state index contributed by atoms with van der Waals surface area (Å²) in [5, 5.41) is 10.7. The Morgan fingerprint density at radius 1 is 1.04 bits per heavy atom. The van der Waals surface area contributed by atoms with Crippen molar-refractivity contribution in [1.29, 1.82) is 0 Å². The van der Waals surface area contributed by atoms with E-state index in [-0.39, 0.29) is 17.4 Å². The number of rotatable bonds is 4. The first-order valence-electron chi connectivity index (χ1n) is 9.48. The van der Waals surface area contributed by atoms with Crippen molar-refractivity contribution < 1.29 is 5.11 Å². The highest BCUT2D eigenvalue weighted by molar-refractivity contribution is 5.70. The van der Waals surface area contributed by atoms with E-state index in [2.05, 4.69) is 66.7 Å². The van der Waals surface area contributed by atoms with E-state index in [4.69, 9.17) is 4.99 Å². The van der Waals surface area contributed by atoms with Gasteiger partial charge in [0.15, 0.2) is 0 Å². The molecule has 0 amide bonds. The SMILES string of the molecule is CC(C)c1cccc(C(C)C)c1N=CC1CCC(C(C)(C)C)C1O. The first kappa shape index (κ1) is 19.2. The maximum absolute atomic E-state index is 10.7. The Hall–Kier alpha value is -1.15. The molecule has 1 aliphatic rings. The van der Waals surface area contributed by atoms with Crippen molar-refractivity contribution in [2.24, 2.45) is 22.2 Å². The lowest BCUT2D eigenvalue weighted by molar-refractivity contribution is 0.0563. The minimum Gasteiger partial charge on any atom is -0.392 e. The Morgan fingerprint density at radius 2 is 1.58 bits per heavy atom. The summed E-state index contributed by atoms with van der Waals surface area (Å²) < 4.78 is 0. The van der Waals surface area contributed by atoms with E-state index in [1.54, 1.807) is 0 Å². The number of hydrogen-bond acceptors (Lipinski definition) is 2. The molecule has 2 rings (SSSR count). The van der Waals surface area contributed by atoms with Gasteiger partial charge in [0.25, 0.3) is 0 Å². The molecule has 0 heterocycles. The minimum atomic E-state index is -0.275. The molecule has 0 radical (unpaired) electrons. The predicted molar refractivity (Wildman–Crippen MR) is 104 cm³/mol. The van der Waals surface area contributed by atoms with E-state index < -0.39 is 0 Å². The van der Waals surface area contributed by atoms with Gasteiger partial charge in [-0.25, -0.2) is 0 Å². The second-order valence-corrected chi connectivity index (χ2v) is 9.08. The Kier molecular flexibility index (Phi) is 5.91. The van der Waals surface area contributed by atoms with E-state index in [1.165, 1.54) is 11.1 Å². The number of aliphatic hydroxyl groups excluding tert-OH is 1. The molecule has 1 aromatic rings. The second kappa shape index (κ2) is 7.39. The molecule has 1 fully saturated rings. The smallest absolute Gasteiger partial charge is 0.0694 e. The van der Waals surface area contributed by atoms with Gasteiger partial charge < -0.3 is 5.11 Å². The van der Waals surface area contributed by atoms with Crippen LogP contribution in [0.5, 0.6) is 0 Å². The zero-order valence-corrected chi connectivity index (χ0v) is 16.5. The molecule has 134 valence electrons. The topological polar surface area (TPSA) is 32.6 Å². The Labute approximate surface area is 148 Å². The summed E-state index contributed by atoms with van der Waals surface area (Å²) >= 11 is 0. The van der Waals surface area contributed by atoms with E-state index in [0.29, 0.717) is 17.8 Å². The van der Waals surface area contributed by atoms with Crippen LogP contribution in [0.2, 0.25) is 0 Å². The Balaban J connectivity index is 2.29. The van der Waals surface area contributed by atoms with Crippen LogP contribution in [0.3, 0.4) is 0 Å². The van der Waals surface area contributed by atoms with Crippen LogP contribution < -0.4 is 0 Å². The highest BCUT2D eigenvalue weighted by Gasteiger charge is 2.40. The van der Waals surface area contributed by atoms with Crippen molar-refractivity contribution in [3.63, 3.8) is 0 Å². The lowest BCUT2D eigenvalue weighted by Crippen LogP contribution is -2.31. The summed E-state index contributed by atoms with van der Waals surface area (Å²) in [5.74, 6) is 1.44. The van der Waals surface area contributed by atoms with Crippen LogP contribution in [0.25, 0.3) is 0 Å². The minimum absolute atomic E-state index is 0.154. The normalized spacial score (nSPS) is 25.3. The molecule has 0 aliphatic heterocycles. The molecule has 0 spiro atoms. The van der Waals surface area contributed by atoms with Crippen LogP contribution in [0.15, 0.2) is 23.2 Å². The standard InChI is InChI=1S/C22H35NO/c1-14(2)17-9-8-10-18(15(3)4)20(17)23-13-16-11-12-19(21(16)24)22(5,6)7/h8-10,13-16,19,21,24H,11-12H2,1-7H3. The van der Waals surface area contributed by atoms with E-state index in [0.717, 1.165) is 18.5 Å². The maximum atomic E-state index is 10.7. The molecule has 1 aliphatic carbocycles. The van der Waals surface area contributed by atoms with Gasteiger partial charge in [-0.3, -0.25) is 4.99 Å². The average molecular weight is 330 g/mol. The molecular formula is C22H35NO. The summed E-state index contributed by atoms with van der Waals surface area (Å²) in [4.78, 5) is 4.91. The number of aliphatic imine (C=N–C) groups is 1. The number of aliphatic hydroxyl groups is 1. The molecule has 1 N–H and O–H groups in total. The summed E-state index contributed by atoms with van der Waals surface area (Å²) in [7, 11) is 0. The summed E-state index contributed by atoms with van der Waals surface area (Å²) in [6, 6.07) is 6.52. The van der Waals surface area contributed by atoms with Crippen LogP contribution in [0, 0.1) is 17.3 Å². The molecule has 3 unspecified atom stereocenters. The van der Waals surface area contributed by atoms with Crippen molar-refractivity contribution in [1.82, 2.24) is 0 Å². The first-order chi connectivity index (χ1) is 11.1. The second-order valence-electron chi connectivity index (χ2n) is 9.08. The predicted octanol–water partition coefficient (Wildman–Crippen LogP) is 6.07. The van der Waals surface area contributed by atoms with E-state index in [1.807, 2.05) is 6.21 Å². The zero-order chi connectivity index (χ0) is 18.1. The van der Waals surface area contributed by atoms with Crippen LogP contribution in [0.1, 0.15) is 84.3 Å². The number of para-hydroxylation sites is 1. The first-order valence-corrected chi connectivity index (χ1v) is 9.48. The molecular weight excluding hydrogens is 294 g/mol. The maximum Gasteiger partial charge on any atom is 0.0694 e. The average Bonchev–Trinajstić information content (AvgIpc) is 2.85. The van der Waals surface area contributed by atoms with Crippen LogP contribution in [-0.4, -0.2) is 17.4 Å². The molecule has 0 bridgehead atoms. The van der Waals surface area contributed by atoms with Gasteiger partial charge in [-0.2, -0.15) is 0 Å². The van der Waals surface area contributed by atoms with Crippen molar-refractivity contribution in [2.45, 2.75) is 79.2 Å².